The molecule has 1 unspecified atom stereocenters. The SMILES string of the molecule is NCCC(N(C(=O)C1CC1)C1CC1)C(F)(F)F. The van der Waals surface area contributed by atoms with Crippen LogP contribution in [-0.2, 0) is 4.79 Å². The van der Waals surface area contributed by atoms with Crippen LogP contribution in [0.3, 0.4) is 0 Å². The van der Waals surface area contributed by atoms with E-state index in [1.807, 2.05) is 0 Å². The second-order valence-electron chi connectivity index (χ2n) is 4.89. The summed E-state index contributed by atoms with van der Waals surface area (Å²) in [6.07, 6.45) is -1.72. The van der Waals surface area contributed by atoms with Crippen LogP contribution in [0.2, 0.25) is 0 Å². The van der Waals surface area contributed by atoms with Gasteiger partial charge in [0, 0.05) is 12.0 Å². The molecule has 17 heavy (non-hydrogen) atoms. The number of hydrogen-bond donors (Lipinski definition) is 1. The molecule has 0 radical (unpaired) electrons. The van der Waals surface area contributed by atoms with Crippen LogP contribution in [0.5, 0.6) is 0 Å². The Morgan fingerprint density at radius 2 is 1.88 bits per heavy atom. The summed E-state index contributed by atoms with van der Waals surface area (Å²) in [6.45, 7) is -0.0503. The zero-order chi connectivity index (χ0) is 12.6. The molecule has 98 valence electrons. The molecule has 2 rings (SSSR count). The Bertz CT molecular complexity index is 298. The molecule has 0 spiro atoms. The first-order valence-electron chi connectivity index (χ1n) is 6.04. The monoisotopic (exact) mass is 250 g/mol. The first kappa shape index (κ1) is 12.7. The van der Waals surface area contributed by atoms with Gasteiger partial charge in [-0.05, 0) is 38.6 Å². The molecule has 0 heterocycles. The van der Waals surface area contributed by atoms with Gasteiger partial charge < -0.3 is 10.6 Å². The molecule has 2 fully saturated rings. The quantitative estimate of drug-likeness (QED) is 0.806. The predicted octanol–water partition coefficient (Wildman–Crippen LogP) is 1.67. The van der Waals surface area contributed by atoms with Crippen molar-refractivity contribution in [2.24, 2.45) is 11.7 Å². The molecule has 2 aliphatic rings. The Morgan fingerprint density at radius 1 is 1.29 bits per heavy atom. The number of hydrogen-bond acceptors (Lipinski definition) is 2. The van der Waals surface area contributed by atoms with Crippen molar-refractivity contribution in [1.29, 1.82) is 0 Å². The van der Waals surface area contributed by atoms with Gasteiger partial charge in [-0.3, -0.25) is 4.79 Å². The molecule has 1 amide bonds. The van der Waals surface area contributed by atoms with E-state index in [1.165, 1.54) is 0 Å². The number of alkyl halides is 3. The van der Waals surface area contributed by atoms with Gasteiger partial charge in [0.25, 0.3) is 0 Å². The Morgan fingerprint density at radius 3 is 2.24 bits per heavy atom. The zero-order valence-corrected chi connectivity index (χ0v) is 9.54. The number of halogens is 3. The van der Waals surface area contributed by atoms with Gasteiger partial charge in [-0.25, -0.2) is 0 Å². The van der Waals surface area contributed by atoms with Crippen molar-refractivity contribution >= 4 is 5.91 Å². The minimum Gasteiger partial charge on any atom is -0.330 e. The second kappa shape index (κ2) is 4.48. The molecule has 0 saturated heterocycles. The van der Waals surface area contributed by atoms with Crippen molar-refractivity contribution in [3.05, 3.63) is 0 Å². The van der Waals surface area contributed by atoms with Crippen molar-refractivity contribution in [1.82, 2.24) is 4.90 Å². The normalized spacial score (nSPS) is 22.4. The van der Waals surface area contributed by atoms with Crippen molar-refractivity contribution < 1.29 is 18.0 Å². The summed E-state index contributed by atoms with van der Waals surface area (Å²) >= 11 is 0. The minimum absolute atomic E-state index is 0.0503. The number of rotatable bonds is 5. The lowest BCUT2D eigenvalue weighted by molar-refractivity contribution is -0.192. The van der Waals surface area contributed by atoms with Crippen molar-refractivity contribution in [3.8, 4) is 0 Å². The number of amides is 1. The van der Waals surface area contributed by atoms with E-state index in [2.05, 4.69) is 0 Å². The van der Waals surface area contributed by atoms with E-state index in [-0.39, 0.29) is 30.8 Å². The standard InChI is InChI=1S/C11H17F3N2O/c12-11(13,14)9(5-6-15)16(8-3-4-8)10(17)7-1-2-7/h7-9H,1-6,15H2. The number of carbonyl (C=O) groups is 1. The summed E-state index contributed by atoms with van der Waals surface area (Å²) in [4.78, 5) is 13.0. The van der Waals surface area contributed by atoms with E-state index in [0.717, 1.165) is 17.7 Å². The molecular formula is C11H17F3N2O. The summed E-state index contributed by atoms with van der Waals surface area (Å²) in [7, 11) is 0. The van der Waals surface area contributed by atoms with Crippen LogP contribution >= 0.6 is 0 Å². The van der Waals surface area contributed by atoms with E-state index in [9.17, 15) is 18.0 Å². The van der Waals surface area contributed by atoms with Gasteiger partial charge in [0.15, 0.2) is 0 Å². The van der Waals surface area contributed by atoms with Crippen LogP contribution in [0, 0.1) is 5.92 Å². The molecular weight excluding hydrogens is 233 g/mol. The highest BCUT2D eigenvalue weighted by Crippen LogP contribution is 2.40. The maximum Gasteiger partial charge on any atom is 0.408 e. The number of nitrogens with zero attached hydrogens (tertiary/aromatic N) is 1. The fourth-order valence-corrected chi connectivity index (χ4v) is 2.10. The first-order valence-corrected chi connectivity index (χ1v) is 6.04. The summed E-state index contributed by atoms with van der Waals surface area (Å²) < 4.78 is 38.8. The predicted molar refractivity (Wildman–Crippen MR) is 56.1 cm³/mol. The van der Waals surface area contributed by atoms with Crippen LogP contribution in [-0.4, -0.2) is 35.6 Å². The third-order valence-corrected chi connectivity index (χ3v) is 3.28. The Hall–Kier alpha value is -0.780. The van der Waals surface area contributed by atoms with Gasteiger partial charge >= 0.3 is 6.18 Å². The molecule has 6 heteroatoms. The molecule has 0 aromatic heterocycles. The lowest BCUT2D eigenvalue weighted by Crippen LogP contribution is -2.51. The zero-order valence-electron chi connectivity index (χ0n) is 9.54. The Labute approximate surface area is 98.1 Å². The lowest BCUT2D eigenvalue weighted by atomic mass is 10.1. The lowest BCUT2D eigenvalue weighted by Gasteiger charge is -2.33. The van der Waals surface area contributed by atoms with Gasteiger partial charge in [-0.1, -0.05) is 0 Å². The first-order chi connectivity index (χ1) is 7.95. The van der Waals surface area contributed by atoms with Crippen LogP contribution in [0.25, 0.3) is 0 Å². The van der Waals surface area contributed by atoms with E-state index < -0.39 is 12.2 Å². The fourth-order valence-electron chi connectivity index (χ4n) is 2.10. The smallest absolute Gasteiger partial charge is 0.330 e. The topological polar surface area (TPSA) is 46.3 Å². The van der Waals surface area contributed by atoms with Crippen LogP contribution in [0.1, 0.15) is 32.1 Å². The summed E-state index contributed by atoms with van der Waals surface area (Å²) in [5, 5.41) is 0. The highest BCUT2D eigenvalue weighted by Gasteiger charge is 2.51. The molecule has 3 nitrogen and oxygen atoms in total. The van der Waals surface area contributed by atoms with Gasteiger partial charge in [-0.2, -0.15) is 13.2 Å². The second-order valence-corrected chi connectivity index (χ2v) is 4.89. The third kappa shape index (κ3) is 2.91. The van der Waals surface area contributed by atoms with Crippen LogP contribution < -0.4 is 5.73 Å². The summed E-state index contributed by atoms with van der Waals surface area (Å²) in [5.41, 5.74) is 5.24. The van der Waals surface area contributed by atoms with Gasteiger partial charge in [0.1, 0.15) is 6.04 Å². The molecule has 0 bridgehead atoms. The molecule has 2 N–H and O–H groups in total. The van der Waals surface area contributed by atoms with Gasteiger partial charge in [0.2, 0.25) is 5.91 Å². The van der Waals surface area contributed by atoms with Crippen LogP contribution in [0.4, 0.5) is 13.2 Å². The van der Waals surface area contributed by atoms with Gasteiger partial charge in [-0.15, -0.1) is 0 Å². The number of nitrogens with two attached hydrogens (primary N) is 1. The Kier molecular flexibility index (Phi) is 3.34. The average molecular weight is 250 g/mol. The van der Waals surface area contributed by atoms with E-state index in [4.69, 9.17) is 5.73 Å². The number of carbonyl (C=O) groups excluding carboxylic acids is 1. The van der Waals surface area contributed by atoms with Crippen LogP contribution in [0.15, 0.2) is 0 Å². The van der Waals surface area contributed by atoms with E-state index in [1.54, 1.807) is 0 Å². The molecule has 0 aromatic rings. The molecule has 1 atom stereocenters. The highest BCUT2D eigenvalue weighted by molar-refractivity contribution is 5.82. The molecule has 2 aliphatic carbocycles. The average Bonchev–Trinajstić information content (AvgIpc) is 3.07. The molecule has 0 aliphatic heterocycles. The molecule has 0 aromatic carbocycles. The minimum atomic E-state index is -4.37. The van der Waals surface area contributed by atoms with E-state index >= 15 is 0 Å². The largest absolute Gasteiger partial charge is 0.408 e. The maximum absolute atomic E-state index is 12.9. The summed E-state index contributed by atoms with van der Waals surface area (Å²) in [5.74, 6) is -0.485. The molecule has 2 saturated carbocycles. The van der Waals surface area contributed by atoms with Crippen molar-refractivity contribution in [3.63, 3.8) is 0 Å². The Balaban J connectivity index is 2.13. The maximum atomic E-state index is 12.9. The van der Waals surface area contributed by atoms with Crippen molar-refractivity contribution in [2.75, 3.05) is 6.54 Å². The van der Waals surface area contributed by atoms with Gasteiger partial charge in [0.05, 0.1) is 0 Å². The summed E-state index contributed by atoms with van der Waals surface area (Å²) in [6, 6.07) is -1.89. The van der Waals surface area contributed by atoms with E-state index in [0.29, 0.717) is 12.8 Å². The highest BCUT2D eigenvalue weighted by atomic mass is 19.4. The fraction of sp³-hybridized carbons (Fsp3) is 0.909. The van der Waals surface area contributed by atoms with Crippen molar-refractivity contribution in [2.45, 2.75) is 50.4 Å². The third-order valence-electron chi connectivity index (χ3n) is 3.28.